The molecule has 0 unspecified atom stereocenters. The Hall–Kier alpha value is -4.76. The Balaban J connectivity index is 0.960. The van der Waals surface area contributed by atoms with Gasteiger partial charge < -0.3 is 19.1 Å². The lowest BCUT2D eigenvalue weighted by molar-refractivity contribution is -0.139. The van der Waals surface area contributed by atoms with Crippen molar-refractivity contribution in [1.29, 1.82) is 0 Å². The molecule has 0 spiro atoms. The molecule has 7 rings (SSSR count). The number of carbonyl (C=O) groups excluding carboxylic acids is 3. The van der Waals surface area contributed by atoms with E-state index in [1.54, 1.807) is 17.0 Å². The van der Waals surface area contributed by atoms with Crippen molar-refractivity contribution in [3.63, 3.8) is 0 Å². The minimum absolute atomic E-state index is 0.0274. The van der Waals surface area contributed by atoms with Crippen LogP contribution in [0.3, 0.4) is 0 Å². The van der Waals surface area contributed by atoms with Crippen LogP contribution in [0.4, 0.5) is 0 Å². The number of carbonyl (C=O) groups is 3. The Morgan fingerprint density at radius 1 is 0.638 bits per heavy atom. The average Bonchev–Trinajstić information content (AvgIpc) is 3.70. The molecule has 242 valence electrons. The van der Waals surface area contributed by atoms with E-state index in [9.17, 15) is 14.4 Å². The lowest BCUT2D eigenvalue weighted by Crippen LogP contribution is -2.55. The van der Waals surface area contributed by atoms with Crippen LogP contribution in [-0.4, -0.2) is 101 Å². The maximum atomic E-state index is 13.9. The van der Waals surface area contributed by atoms with Gasteiger partial charge in [0.2, 0.25) is 5.91 Å². The van der Waals surface area contributed by atoms with Gasteiger partial charge in [-0.25, -0.2) is 4.98 Å². The number of piperazine rings is 1. The van der Waals surface area contributed by atoms with Gasteiger partial charge in [0.15, 0.2) is 5.76 Å². The number of hydrogen-bond donors (Lipinski definition) is 0. The van der Waals surface area contributed by atoms with Crippen LogP contribution >= 0.6 is 0 Å². The molecule has 9 nitrogen and oxygen atoms in total. The highest BCUT2D eigenvalue weighted by Gasteiger charge is 2.36. The number of benzene rings is 2. The van der Waals surface area contributed by atoms with E-state index in [0.717, 1.165) is 61.3 Å². The molecule has 47 heavy (non-hydrogen) atoms. The lowest BCUT2D eigenvalue weighted by atomic mass is 9.92. The summed E-state index contributed by atoms with van der Waals surface area (Å²) in [5.41, 5.74) is 4.21. The van der Waals surface area contributed by atoms with Gasteiger partial charge in [-0.3, -0.25) is 19.3 Å². The number of rotatable bonds is 6. The Bertz CT molecular complexity index is 1620. The van der Waals surface area contributed by atoms with E-state index < -0.39 is 0 Å². The van der Waals surface area contributed by atoms with Crippen LogP contribution in [0.2, 0.25) is 0 Å². The number of aromatic nitrogens is 1. The van der Waals surface area contributed by atoms with Gasteiger partial charge in [-0.2, -0.15) is 0 Å². The third-order valence-corrected chi connectivity index (χ3v) is 9.89. The molecule has 1 atom stereocenters. The Morgan fingerprint density at radius 2 is 1.23 bits per heavy atom. The highest BCUT2D eigenvalue weighted by molar-refractivity contribution is 5.96. The predicted molar refractivity (Wildman–Crippen MR) is 180 cm³/mol. The van der Waals surface area contributed by atoms with Crippen LogP contribution < -0.4 is 0 Å². The zero-order valence-electron chi connectivity index (χ0n) is 26.7. The first-order valence-corrected chi connectivity index (χ1v) is 16.8. The third-order valence-electron chi connectivity index (χ3n) is 9.89. The van der Waals surface area contributed by atoms with Crippen LogP contribution in [0, 0.1) is 5.92 Å². The summed E-state index contributed by atoms with van der Waals surface area (Å²) in [6.07, 6.45) is 5.18. The van der Waals surface area contributed by atoms with Gasteiger partial charge in [-0.05, 0) is 56.5 Å². The van der Waals surface area contributed by atoms with Crippen LogP contribution in [0.25, 0.3) is 22.5 Å². The van der Waals surface area contributed by atoms with Gasteiger partial charge in [0.25, 0.3) is 11.8 Å². The monoisotopic (exact) mass is 631 g/mol. The normalized spacial score (nSPS) is 19.5. The first kappa shape index (κ1) is 30.9. The minimum atomic E-state index is -0.118. The second-order valence-electron chi connectivity index (χ2n) is 12.8. The molecule has 0 saturated carbocycles. The van der Waals surface area contributed by atoms with E-state index in [1.165, 1.54) is 6.26 Å². The van der Waals surface area contributed by atoms with E-state index >= 15 is 0 Å². The van der Waals surface area contributed by atoms with Gasteiger partial charge >= 0.3 is 0 Å². The van der Waals surface area contributed by atoms with Gasteiger partial charge in [-0.15, -0.1) is 0 Å². The number of amides is 3. The summed E-state index contributed by atoms with van der Waals surface area (Å²) in [6, 6.07) is 27.6. The molecule has 2 aromatic carbocycles. The van der Waals surface area contributed by atoms with Crippen molar-refractivity contribution >= 4 is 17.7 Å². The van der Waals surface area contributed by atoms with Crippen molar-refractivity contribution in [2.45, 2.75) is 31.7 Å². The van der Waals surface area contributed by atoms with E-state index in [4.69, 9.17) is 9.40 Å². The summed E-state index contributed by atoms with van der Waals surface area (Å²) < 4.78 is 5.27. The Kier molecular flexibility index (Phi) is 9.15. The summed E-state index contributed by atoms with van der Waals surface area (Å²) in [5, 5.41) is 0. The number of furan rings is 1. The first-order valence-electron chi connectivity index (χ1n) is 16.8. The van der Waals surface area contributed by atoms with Crippen molar-refractivity contribution in [1.82, 2.24) is 24.6 Å². The number of likely N-dealkylation sites (tertiary alicyclic amines) is 2. The van der Waals surface area contributed by atoms with Crippen molar-refractivity contribution in [2.24, 2.45) is 5.92 Å². The second kappa shape index (κ2) is 13.9. The third kappa shape index (κ3) is 6.86. The summed E-state index contributed by atoms with van der Waals surface area (Å²) in [5.74, 6) is 0.438. The maximum absolute atomic E-state index is 13.9. The van der Waals surface area contributed by atoms with Crippen LogP contribution in [-0.2, 0) is 4.79 Å². The Morgan fingerprint density at radius 3 is 1.83 bits per heavy atom. The zero-order valence-corrected chi connectivity index (χ0v) is 26.7. The summed E-state index contributed by atoms with van der Waals surface area (Å²) in [6.45, 7) is 5.26. The number of pyridine rings is 1. The molecule has 3 fully saturated rings. The van der Waals surface area contributed by atoms with Crippen molar-refractivity contribution in [3.05, 3.63) is 103 Å². The molecule has 3 aliphatic heterocycles. The van der Waals surface area contributed by atoms with Crippen LogP contribution in [0.1, 0.15) is 46.6 Å². The largest absolute Gasteiger partial charge is 0.459 e. The topological polar surface area (TPSA) is 90.2 Å². The standard InChI is InChI=1S/C38H41N5O4/c44-36(41-20-22-42(23-21-41)38(46)35-14-8-24-47-35)30-13-7-17-43(27-30)32-15-18-40(19-16-32)37(45)31-25-33(28-9-3-1-4-10-28)39-34(26-31)29-11-5-2-6-12-29/h1-6,8-12,14,24-26,30,32H,7,13,15-23,27H2/t30-/m1/s1. The molecule has 0 radical (unpaired) electrons. The second-order valence-corrected chi connectivity index (χ2v) is 12.8. The number of hydrogen-bond acceptors (Lipinski definition) is 6. The highest BCUT2D eigenvalue weighted by atomic mass is 16.3. The summed E-state index contributed by atoms with van der Waals surface area (Å²) in [7, 11) is 0. The van der Waals surface area contributed by atoms with Gasteiger partial charge in [0.05, 0.1) is 23.6 Å². The van der Waals surface area contributed by atoms with Gasteiger partial charge in [0, 0.05) is 68.5 Å². The van der Waals surface area contributed by atoms with Crippen molar-refractivity contribution < 1.29 is 18.8 Å². The maximum Gasteiger partial charge on any atom is 0.289 e. The zero-order chi connectivity index (χ0) is 32.2. The van der Waals surface area contributed by atoms with Crippen molar-refractivity contribution in [3.8, 4) is 22.5 Å². The molecular formula is C38H41N5O4. The molecule has 0 N–H and O–H groups in total. The lowest BCUT2D eigenvalue weighted by Gasteiger charge is -2.43. The molecule has 4 aromatic rings. The minimum Gasteiger partial charge on any atom is -0.459 e. The first-order chi connectivity index (χ1) is 23.0. The van der Waals surface area contributed by atoms with E-state index in [1.807, 2.05) is 82.6 Å². The smallest absolute Gasteiger partial charge is 0.289 e. The van der Waals surface area contributed by atoms with Crippen LogP contribution in [0.15, 0.2) is 95.6 Å². The molecular weight excluding hydrogens is 590 g/mol. The molecule has 2 aromatic heterocycles. The van der Waals surface area contributed by atoms with Gasteiger partial charge in [-0.1, -0.05) is 60.7 Å². The fraction of sp³-hybridized carbons (Fsp3) is 0.368. The fourth-order valence-corrected chi connectivity index (χ4v) is 7.27. The molecule has 3 aliphatic rings. The Labute approximate surface area is 275 Å². The van der Waals surface area contributed by atoms with Crippen molar-refractivity contribution in [2.75, 3.05) is 52.4 Å². The highest BCUT2D eigenvalue weighted by Crippen LogP contribution is 2.29. The van der Waals surface area contributed by atoms with E-state index in [2.05, 4.69) is 4.90 Å². The fourth-order valence-electron chi connectivity index (χ4n) is 7.27. The summed E-state index contributed by atoms with van der Waals surface area (Å²) in [4.78, 5) is 53.2. The molecule has 5 heterocycles. The predicted octanol–water partition coefficient (Wildman–Crippen LogP) is 5.31. The molecule has 0 bridgehead atoms. The number of piperidine rings is 2. The van der Waals surface area contributed by atoms with Crippen LogP contribution in [0.5, 0.6) is 0 Å². The quantitative estimate of drug-likeness (QED) is 0.287. The average molecular weight is 632 g/mol. The summed E-state index contributed by atoms with van der Waals surface area (Å²) >= 11 is 0. The molecule has 3 saturated heterocycles. The molecule has 9 heteroatoms. The SMILES string of the molecule is O=C(c1cc(-c2ccccc2)nc(-c2ccccc2)c1)N1CCC(N2CCC[C@@H](C(=O)N3CCN(C(=O)c4ccco4)CC3)C2)CC1. The molecule has 3 amide bonds. The molecule has 0 aliphatic carbocycles. The van der Waals surface area contributed by atoms with E-state index in [-0.39, 0.29) is 23.6 Å². The number of nitrogens with zero attached hydrogens (tertiary/aromatic N) is 5. The van der Waals surface area contributed by atoms with Gasteiger partial charge in [0.1, 0.15) is 0 Å². The van der Waals surface area contributed by atoms with E-state index in [0.29, 0.717) is 56.6 Å².